The monoisotopic (exact) mass is 318 g/mol. The molecule has 0 radical (unpaired) electrons. The van der Waals surface area contributed by atoms with Gasteiger partial charge in [-0.25, -0.2) is 9.59 Å². The summed E-state index contributed by atoms with van der Waals surface area (Å²) in [5.74, 6) is -0.784. The summed E-state index contributed by atoms with van der Waals surface area (Å²) in [5, 5.41) is 12.0. The molecule has 1 aliphatic heterocycles. The molecular weight excluding hydrogens is 296 g/mol. The second-order valence-electron chi connectivity index (χ2n) is 4.80. The van der Waals surface area contributed by atoms with Crippen LogP contribution in [0.3, 0.4) is 0 Å². The van der Waals surface area contributed by atoms with Crippen LogP contribution in [0.5, 0.6) is 0 Å². The Kier molecular flexibility index (Phi) is 7.35. The quantitative estimate of drug-likeness (QED) is 0.707. The zero-order valence-corrected chi connectivity index (χ0v) is 13.1. The molecule has 1 heterocycles. The molecule has 0 spiro atoms. The summed E-state index contributed by atoms with van der Waals surface area (Å²) in [6, 6.07) is -1.46. The highest BCUT2D eigenvalue weighted by Crippen LogP contribution is 2.21. The fraction of sp³-hybridized carbons (Fsp3) is 0.769. The number of aliphatic carboxylic acids is 1. The third kappa shape index (κ3) is 5.82. The number of methoxy groups -OCH3 is 1. The highest BCUT2D eigenvalue weighted by molar-refractivity contribution is 8.00. The van der Waals surface area contributed by atoms with Crippen molar-refractivity contribution in [3.05, 3.63) is 0 Å². The number of urea groups is 1. The molecule has 7 nitrogen and oxygen atoms in total. The third-order valence-electron chi connectivity index (χ3n) is 3.34. The molecule has 1 saturated heterocycles. The van der Waals surface area contributed by atoms with Crippen LogP contribution in [-0.2, 0) is 14.3 Å². The number of thioether (sulfide) groups is 1. The Morgan fingerprint density at radius 3 is 2.76 bits per heavy atom. The van der Waals surface area contributed by atoms with Crippen LogP contribution in [0.2, 0.25) is 0 Å². The van der Waals surface area contributed by atoms with Gasteiger partial charge in [-0.3, -0.25) is 4.79 Å². The largest absolute Gasteiger partial charge is 0.480 e. The summed E-state index contributed by atoms with van der Waals surface area (Å²) in [4.78, 5) is 36.0. The first-order valence-electron chi connectivity index (χ1n) is 6.94. The molecule has 8 heteroatoms. The van der Waals surface area contributed by atoms with Gasteiger partial charge in [0.2, 0.25) is 0 Å². The lowest BCUT2D eigenvalue weighted by Crippen LogP contribution is -2.51. The molecule has 2 N–H and O–H groups in total. The summed E-state index contributed by atoms with van der Waals surface area (Å²) in [6.07, 6.45) is 0.952. The van der Waals surface area contributed by atoms with Crippen LogP contribution in [0.1, 0.15) is 26.2 Å². The molecule has 0 aromatic rings. The zero-order valence-electron chi connectivity index (χ0n) is 12.3. The number of carbonyl (C=O) groups is 3. The molecule has 0 aromatic heterocycles. The van der Waals surface area contributed by atoms with Crippen LogP contribution >= 0.6 is 11.8 Å². The lowest BCUT2D eigenvalue weighted by atomic mass is 10.1. The second kappa shape index (κ2) is 8.76. The summed E-state index contributed by atoms with van der Waals surface area (Å²) >= 11 is 1.83. The smallest absolute Gasteiger partial charge is 0.326 e. The van der Waals surface area contributed by atoms with E-state index >= 15 is 0 Å². The number of carboxylic acid groups (broad SMARTS) is 1. The molecule has 120 valence electrons. The van der Waals surface area contributed by atoms with Crippen molar-refractivity contribution in [2.24, 2.45) is 0 Å². The molecule has 2 atom stereocenters. The van der Waals surface area contributed by atoms with Gasteiger partial charge in [0.25, 0.3) is 0 Å². The van der Waals surface area contributed by atoms with Crippen LogP contribution in [0.15, 0.2) is 0 Å². The van der Waals surface area contributed by atoms with E-state index in [1.54, 1.807) is 4.90 Å². The molecule has 1 fully saturated rings. The first-order valence-corrected chi connectivity index (χ1v) is 7.99. The Hall–Kier alpha value is -1.44. The van der Waals surface area contributed by atoms with Gasteiger partial charge in [-0.1, -0.05) is 6.92 Å². The van der Waals surface area contributed by atoms with E-state index < -0.39 is 18.0 Å². The Balaban J connectivity index is 2.51. The van der Waals surface area contributed by atoms with Crippen molar-refractivity contribution in [3.8, 4) is 0 Å². The van der Waals surface area contributed by atoms with E-state index in [2.05, 4.69) is 17.0 Å². The van der Waals surface area contributed by atoms with E-state index in [1.807, 2.05) is 11.8 Å². The molecule has 1 unspecified atom stereocenters. The Morgan fingerprint density at radius 2 is 2.19 bits per heavy atom. The van der Waals surface area contributed by atoms with Crippen molar-refractivity contribution in [3.63, 3.8) is 0 Å². The number of amides is 2. The van der Waals surface area contributed by atoms with E-state index in [4.69, 9.17) is 5.11 Å². The number of esters is 1. The van der Waals surface area contributed by atoms with Crippen LogP contribution in [0.25, 0.3) is 0 Å². The van der Waals surface area contributed by atoms with Gasteiger partial charge in [0, 0.05) is 30.5 Å². The second-order valence-corrected chi connectivity index (χ2v) is 6.21. The Bertz CT molecular complexity index is 391. The van der Waals surface area contributed by atoms with Gasteiger partial charge in [0.1, 0.15) is 6.04 Å². The number of hydrogen-bond acceptors (Lipinski definition) is 5. The van der Waals surface area contributed by atoms with Crippen LogP contribution in [0.4, 0.5) is 4.79 Å². The Morgan fingerprint density at radius 1 is 1.48 bits per heavy atom. The predicted molar refractivity (Wildman–Crippen MR) is 79.3 cm³/mol. The summed E-state index contributed by atoms with van der Waals surface area (Å²) < 4.78 is 4.47. The van der Waals surface area contributed by atoms with Crippen molar-refractivity contribution in [1.82, 2.24) is 10.2 Å². The lowest BCUT2D eigenvalue weighted by Gasteiger charge is -2.32. The highest BCUT2D eigenvalue weighted by atomic mass is 32.2. The highest BCUT2D eigenvalue weighted by Gasteiger charge is 2.27. The maximum Gasteiger partial charge on any atom is 0.326 e. The number of hydrogen-bond donors (Lipinski definition) is 2. The number of carboxylic acids is 1. The predicted octanol–water partition coefficient (Wildman–Crippen LogP) is 0.930. The average Bonchev–Trinajstić information content (AvgIpc) is 2.50. The first-order chi connectivity index (χ1) is 9.97. The Labute approximate surface area is 128 Å². The van der Waals surface area contributed by atoms with E-state index in [-0.39, 0.29) is 18.9 Å². The normalized spacial score (nSPS) is 19.7. The van der Waals surface area contributed by atoms with Gasteiger partial charge < -0.3 is 20.1 Å². The fourth-order valence-corrected chi connectivity index (χ4v) is 3.19. The van der Waals surface area contributed by atoms with E-state index in [0.717, 1.165) is 12.2 Å². The van der Waals surface area contributed by atoms with Gasteiger partial charge in [-0.2, -0.15) is 11.8 Å². The van der Waals surface area contributed by atoms with Crippen molar-refractivity contribution in [1.29, 1.82) is 0 Å². The minimum atomic E-state index is -1.15. The SMILES string of the molecule is CCC1CN(C(=O)N[C@H](CCC(=O)OC)C(=O)O)CCS1. The minimum Gasteiger partial charge on any atom is -0.480 e. The van der Waals surface area contributed by atoms with Crippen LogP contribution < -0.4 is 5.32 Å². The average molecular weight is 318 g/mol. The lowest BCUT2D eigenvalue weighted by molar-refractivity contribution is -0.142. The standard InChI is InChI=1S/C13H22N2O5S/c1-3-9-8-15(6-7-21-9)13(19)14-10(12(17)18)4-5-11(16)20-2/h9-10H,3-8H2,1-2H3,(H,14,19)(H,17,18)/t9?,10-/m1/s1. The maximum absolute atomic E-state index is 12.1. The van der Waals surface area contributed by atoms with Crippen molar-refractivity contribution < 1.29 is 24.2 Å². The first kappa shape index (κ1) is 17.6. The van der Waals surface area contributed by atoms with Crippen molar-refractivity contribution in [2.45, 2.75) is 37.5 Å². The molecular formula is C13H22N2O5S. The molecule has 0 aliphatic carbocycles. The van der Waals surface area contributed by atoms with Gasteiger partial charge >= 0.3 is 18.0 Å². The molecule has 0 saturated carbocycles. The number of nitrogens with zero attached hydrogens (tertiary/aromatic N) is 1. The van der Waals surface area contributed by atoms with Crippen LogP contribution in [0, 0.1) is 0 Å². The van der Waals surface area contributed by atoms with Crippen LogP contribution in [-0.4, -0.2) is 65.2 Å². The van der Waals surface area contributed by atoms with Gasteiger partial charge in [0.05, 0.1) is 7.11 Å². The molecule has 0 bridgehead atoms. The van der Waals surface area contributed by atoms with Gasteiger partial charge in [-0.05, 0) is 12.8 Å². The molecule has 0 aromatic carbocycles. The molecule has 1 rings (SSSR count). The summed E-state index contributed by atoms with van der Waals surface area (Å²) in [6.45, 7) is 3.29. The fourth-order valence-electron chi connectivity index (χ4n) is 2.01. The van der Waals surface area contributed by atoms with E-state index in [0.29, 0.717) is 18.3 Å². The number of carbonyl (C=O) groups excluding carboxylic acids is 2. The zero-order chi connectivity index (χ0) is 15.8. The topological polar surface area (TPSA) is 95.9 Å². The van der Waals surface area contributed by atoms with E-state index in [1.165, 1.54) is 7.11 Å². The third-order valence-corrected chi connectivity index (χ3v) is 4.71. The van der Waals surface area contributed by atoms with Gasteiger partial charge in [-0.15, -0.1) is 0 Å². The maximum atomic E-state index is 12.1. The van der Waals surface area contributed by atoms with E-state index in [9.17, 15) is 14.4 Å². The molecule has 1 aliphatic rings. The number of ether oxygens (including phenoxy) is 1. The molecule has 2 amide bonds. The van der Waals surface area contributed by atoms with Gasteiger partial charge in [0.15, 0.2) is 0 Å². The molecule has 21 heavy (non-hydrogen) atoms. The van der Waals surface area contributed by atoms with Crippen molar-refractivity contribution >= 4 is 29.7 Å². The number of rotatable bonds is 6. The summed E-state index contributed by atoms with van der Waals surface area (Å²) in [5.41, 5.74) is 0. The number of nitrogens with one attached hydrogen (secondary N) is 1. The van der Waals surface area contributed by atoms with Crippen molar-refractivity contribution in [2.75, 3.05) is 26.0 Å². The summed E-state index contributed by atoms with van der Waals surface area (Å²) in [7, 11) is 1.24. The minimum absolute atomic E-state index is 0.0214.